The number of likely N-dealkylation sites (N-methyl/N-ethyl adjacent to an activating group) is 1. The van der Waals surface area contributed by atoms with Crippen molar-refractivity contribution >= 4 is 35.1 Å². The highest BCUT2D eigenvalue weighted by molar-refractivity contribution is 8.08. The largest absolute Gasteiger partial charge is 0.337 e. The Morgan fingerprint density at radius 1 is 1.11 bits per heavy atom. The van der Waals surface area contributed by atoms with Crippen LogP contribution < -0.4 is 9.47 Å². The zero-order valence-electron chi connectivity index (χ0n) is 15.9. The molecule has 0 radical (unpaired) electrons. The van der Waals surface area contributed by atoms with E-state index in [2.05, 4.69) is 73.0 Å². The van der Waals surface area contributed by atoms with Crippen molar-refractivity contribution < 1.29 is 9.36 Å². The molecule has 1 unspecified atom stereocenters. The second-order valence-electron chi connectivity index (χ2n) is 6.61. The second-order valence-corrected chi connectivity index (χ2v) is 8.83. The van der Waals surface area contributed by atoms with Gasteiger partial charge in [0.1, 0.15) is 11.4 Å². The predicted octanol–water partition coefficient (Wildman–Crippen LogP) is 3.87. The summed E-state index contributed by atoms with van der Waals surface area (Å²) in [7, 11) is 2.06. The maximum Gasteiger partial charge on any atom is 0.263 e. The molecule has 1 aromatic heterocycles. The zero-order valence-corrected chi connectivity index (χ0v) is 17.5. The summed E-state index contributed by atoms with van der Waals surface area (Å²) in [5.41, 5.74) is 2.45. The fourth-order valence-electron chi connectivity index (χ4n) is 3.64. The molecule has 0 N–H and O–H groups in total. The molecular formula is C21H24N3OS2+. The first kappa shape index (κ1) is 18.4. The average Bonchev–Trinajstić information content (AvgIpc) is 3.19. The molecule has 2 aromatic rings. The van der Waals surface area contributed by atoms with Crippen LogP contribution in [0.3, 0.4) is 0 Å². The number of aromatic nitrogens is 1. The Hall–Kier alpha value is -1.92. The molecule has 1 saturated heterocycles. The van der Waals surface area contributed by atoms with E-state index < -0.39 is 0 Å². The first-order valence-corrected chi connectivity index (χ1v) is 11.0. The van der Waals surface area contributed by atoms with E-state index in [4.69, 9.17) is 0 Å². The third-order valence-corrected chi connectivity index (χ3v) is 7.75. The number of hydrogen-bond donors (Lipinski definition) is 0. The van der Waals surface area contributed by atoms with Crippen molar-refractivity contribution in [1.29, 1.82) is 0 Å². The van der Waals surface area contributed by atoms with Gasteiger partial charge in [0.15, 0.2) is 11.9 Å². The Labute approximate surface area is 169 Å². The SMILES string of the molecule is CCN1C(=O)/C(=C2\Sc3ccccc3N2C)SC1Cc1cccc[n+]1CC. The van der Waals surface area contributed by atoms with Gasteiger partial charge in [-0.05, 0) is 26.0 Å². The number of rotatable bonds is 4. The molecule has 2 aliphatic rings. The van der Waals surface area contributed by atoms with Gasteiger partial charge >= 0.3 is 0 Å². The quantitative estimate of drug-likeness (QED) is 0.577. The highest BCUT2D eigenvalue weighted by atomic mass is 32.2. The van der Waals surface area contributed by atoms with Crippen molar-refractivity contribution in [1.82, 2.24) is 4.90 Å². The molecular weight excluding hydrogens is 374 g/mol. The van der Waals surface area contributed by atoms with Crippen LogP contribution in [0.25, 0.3) is 0 Å². The topological polar surface area (TPSA) is 27.4 Å². The van der Waals surface area contributed by atoms with Gasteiger partial charge in [-0.25, -0.2) is 4.57 Å². The summed E-state index contributed by atoms with van der Waals surface area (Å²) in [6.07, 6.45) is 2.97. The Morgan fingerprint density at radius 3 is 2.63 bits per heavy atom. The molecule has 1 aromatic carbocycles. The van der Waals surface area contributed by atoms with E-state index in [1.807, 2.05) is 11.0 Å². The van der Waals surface area contributed by atoms with Gasteiger partial charge in [0.25, 0.3) is 5.91 Å². The maximum absolute atomic E-state index is 13.2. The van der Waals surface area contributed by atoms with Crippen LogP contribution in [0.2, 0.25) is 0 Å². The van der Waals surface area contributed by atoms with E-state index >= 15 is 0 Å². The molecule has 27 heavy (non-hydrogen) atoms. The van der Waals surface area contributed by atoms with Gasteiger partial charge in [0.2, 0.25) is 0 Å². The smallest absolute Gasteiger partial charge is 0.263 e. The Kier molecular flexibility index (Phi) is 5.19. The van der Waals surface area contributed by atoms with Crippen molar-refractivity contribution in [3.05, 3.63) is 64.3 Å². The van der Waals surface area contributed by atoms with E-state index in [0.29, 0.717) is 0 Å². The number of amides is 1. The molecule has 6 heteroatoms. The number of hydrogen-bond acceptors (Lipinski definition) is 4. The number of nitrogens with zero attached hydrogens (tertiary/aromatic N) is 3. The minimum atomic E-state index is 0.142. The van der Waals surface area contributed by atoms with Crippen molar-refractivity contribution in [2.24, 2.45) is 0 Å². The molecule has 4 rings (SSSR count). The second kappa shape index (κ2) is 7.60. The summed E-state index contributed by atoms with van der Waals surface area (Å²) < 4.78 is 2.26. The number of carbonyl (C=O) groups is 1. The average molecular weight is 399 g/mol. The fraction of sp³-hybridized carbons (Fsp3) is 0.333. The maximum atomic E-state index is 13.2. The molecule has 0 spiro atoms. The number of aryl methyl sites for hydroxylation is 1. The third kappa shape index (κ3) is 3.25. The summed E-state index contributed by atoms with van der Waals surface area (Å²) >= 11 is 3.42. The van der Waals surface area contributed by atoms with Crippen LogP contribution in [-0.4, -0.2) is 29.8 Å². The normalized spacial score (nSPS) is 21.9. The summed E-state index contributed by atoms with van der Waals surface area (Å²) in [6, 6.07) is 14.6. The van der Waals surface area contributed by atoms with Crippen LogP contribution in [0.4, 0.5) is 5.69 Å². The fourth-order valence-corrected chi connectivity index (χ4v) is 6.34. The Balaban J connectivity index is 1.65. The van der Waals surface area contributed by atoms with Crippen molar-refractivity contribution in [3.8, 4) is 0 Å². The first-order chi connectivity index (χ1) is 13.1. The Morgan fingerprint density at radius 2 is 1.89 bits per heavy atom. The lowest BCUT2D eigenvalue weighted by Gasteiger charge is -2.20. The van der Waals surface area contributed by atoms with Crippen LogP contribution in [0.15, 0.2) is 63.5 Å². The highest BCUT2D eigenvalue weighted by Gasteiger charge is 2.41. The molecule has 1 fully saturated rings. The van der Waals surface area contributed by atoms with Crippen molar-refractivity contribution in [2.75, 3.05) is 18.5 Å². The molecule has 2 aliphatic heterocycles. The molecule has 4 nitrogen and oxygen atoms in total. The van der Waals surface area contributed by atoms with E-state index in [9.17, 15) is 4.79 Å². The number of thioether (sulfide) groups is 2. The van der Waals surface area contributed by atoms with E-state index in [0.717, 1.165) is 29.4 Å². The minimum absolute atomic E-state index is 0.142. The van der Waals surface area contributed by atoms with Gasteiger partial charge in [-0.2, -0.15) is 0 Å². The van der Waals surface area contributed by atoms with Crippen LogP contribution in [0.1, 0.15) is 19.5 Å². The van der Waals surface area contributed by atoms with Gasteiger partial charge in [-0.1, -0.05) is 41.7 Å². The Bertz CT molecular complexity index is 912. The van der Waals surface area contributed by atoms with Gasteiger partial charge in [-0.15, -0.1) is 0 Å². The van der Waals surface area contributed by atoms with Crippen LogP contribution >= 0.6 is 23.5 Å². The van der Waals surface area contributed by atoms with Crippen LogP contribution in [-0.2, 0) is 17.8 Å². The van der Waals surface area contributed by atoms with Crippen LogP contribution in [0, 0.1) is 0 Å². The summed E-state index contributed by atoms with van der Waals surface area (Å²) in [4.78, 5) is 19.4. The lowest BCUT2D eigenvalue weighted by atomic mass is 10.2. The molecule has 3 heterocycles. The molecule has 1 atom stereocenters. The summed E-state index contributed by atoms with van der Waals surface area (Å²) in [6.45, 7) is 5.89. The van der Waals surface area contributed by atoms with Gasteiger partial charge in [-0.3, -0.25) is 4.79 Å². The molecule has 0 aliphatic carbocycles. The number of carbonyl (C=O) groups excluding carboxylic acids is 1. The minimum Gasteiger partial charge on any atom is -0.337 e. The number of para-hydroxylation sites is 1. The number of benzene rings is 1. The molecule has 0 saturated carbocycles. The van der Waals surface area contributed by atoms with E-state index in [1.54, 1.807) is 23.5 Å². The van der Waals surface area contributed by atoms with Gasteiger partial charge in [0.05, 0.1) is 22.5 Å². The van der Waals surface area contributed by atoms with E-state index in [-0.39, 0.29) is 11.3 Å². The number of pyridine rings is 1. The summed E-state index contributed by atoms with van der Waals surface area (Å²) in [5, 5.41) is 1.20. The molecule has 1 amide bonds. The lowest BCUT2D eigenvalue weighted by molar-refractivity contribution is -0.700. The zero-order chi connectivity index (χ0) is 19.0. The highest BCUT2D eigenvalue weighted by Crippen LogP contribution is 2.50. The van der Waals surface area contributed by atoms with Gasteiger partial charge in [0, 0.05) is 30.6 Å². The number of anilines is 1. The van der Waals surface area contributed by atoms with Crippen LogP contribution in [0.5, 0.6) is 0 Å². The monoisotopic (exact) mass is 398 g/mol. The molecule has 0 bridgehead atoms. The third-order valence-electron chi connectivity index (χ3n) is 5.09. The molecule has 140 valence electrons. The van der Waals surface area contributed by atoms with Crippen molar-refractivity contribution in [2.45, 2.75) is 37.1 Å². The summed E-state index contributed by atoms with van der Waals surface area (Å²) in [5.74, 6) is 0.161. The predicted molar refractivity (Wildman–Crippen MR) is 113 cm³/mol. The lowest BCUT2D eigenvalue weighted by Crippen LogP contribution is -2.41. The first-order valence-electron chi connectivity index (χ1n) is 9.33. The van der Waals surface area contributed by atoms with E-state index in [1.165, 1.54) is 16.3 Å². The van der Waals surface area contributed by atoms with Crippen molar-refractivity contribution in [3.63, 3.8) is 0 Å². The van der Waals surface area contributed by atoms with Gasteiger partial charge < -0.3 is 9.80 Å². The number of fused-ring (bicyclic) bond motifs is 1. The standard InChI is InChI=1S/C21H24N3OS2/c1-4-23-13-9-8-10-15(23)14-18-24(5-2)20(25)19(27-18)21-22(3)16-11-6-7-12-17(16)26-21/h6-13,18H,4-5,14H2,1-3H3/q+1/b21-19+.